The van der Waals surface area contributed by atoms with E-state index in [1.807, 2.05) is 0 Å². The monoisotopic (exact) mass is 712 g/mol. The second-order valence-corrected chi connectivity index (χ2v) is 55.8. The maximum atomic E-state index is 2.57. The molecule has 4 heteroatoms. The Morgan fingerprint density at radius 2 is 0.824 bits per heavy atom. The van der Waals surface area contributed by atoms with E-state index in [-0.39, 0.29) is 24.8 Å². The molecule has 0 fully saturated rings. The second-order valence-electron chi connectivity index (χ2n) is 9.29. The van der Waals surface area contributed by atoms with Crippen LogP contribution in [0, 0.1) is 0 Å². The summed E-state index contributed by atoms with van der Waals surface area (Å²) in [7, 11) is 0. The summed E-state index contributed by atoms with van der Waals surface area (Å²) in [5.74, 6) is 0. The van der Waals surface area contributed by atoms with Gasteiger partial charge in [0, 0.05) is 0 Å². The molecule has 0 nitrogen and oxygen atoms in total. The zero-order valence-electron chi connectivity index (χ0n) is 18.9. The first-order chi connectivity index (χ1) is 15.7. The van der Waals surface area contributed by atoms with Gasteiger partial charge >= 0.3 is 197 Å². The summed E-state index contributed by atoms with van der Waals surface area (Å²) >= 11 is -2.89. The standard InChI is InChI=1S/2C9H7.2C6H5.2ClH.GeH2.Hf/c2*1-2-5-9-7-3-6-8(9)4-1;2*1-2-4-6-5-3-1;;;;/h2*1-7H;2*1-5H;2*1H;1H2;. The number of rotatable bonds is 4. The molecule has 0 radical (unpaired) electrons. The van der Waals surface area contributed by atoms with Crippen molar-refractivity contribution in [3.63, 3.8) is 0 Å². The summed E-state index contributed by atoms with van der Waals surface area (Å²) in [6, 6.07) is 41.4. The number of halogens is 2. The van der Waals surface area contributed by atoms with Gasteiger partial charge in [-0.05, 0) is 0 Å². The number of hydrogen-bond donors (Lipinski definition) is 0. The molecular weight excluding hydrogens is 682 g/mol. The molecule has 0 N–H and O–H groups in total. The molecule has 34 heavy (non-hydrogen) atoms. The molecule has 0 amide bonds. The SMILES string of the molecule is Cl.Cl.[GeH2]=[Hf]([c]1ccccc1)([c]1ccccc1)([CH]1C=Cc2ccccc21)[CH]1C=Cc2ccccc21. The topological polar surface area (TPSA) is 0 Å². The van der Waals surface area contributed by atoms with Gasteiger partial charge in [0.1, 0.15) is 0 Å². The van der Waals surface area contributed by atoms with Gasteiger partial charge in [-0.1, -0.05) is 0 Å². The molecule has 0 spiro atoms. The fraction of sp³-hybridized carbons (Fsp3) is 0.0667. The molecule has 4 aromatic rings. The Labute approximate surface area is 220 Å². The number of hydrogen-bond acceptors (Lipinski definition) is 0. The fourth-order valence-electron chi connectivity index (χ4n) is 6.39. The van der Waals surface area contributed by atoms with Gasteiger partial charge in [-0.3, -0.25) is 0 Å². The molecule has 0 heterocycles. The Morgan fingerprint density at radius 1 is 0.471 bits per heavy atom. The summed E-state index contributed by atoms with van der Waals surface area (Å²) in [6.07, 6.45) is 9.92. The van der Waals surface area contributed by atoms with Gasteiger partial charge in [-0.2, -0.15) is 0 Å². The molecule has 2 unspecified atom stereocenters. The number of fused-ring (bicyclic) bond motifs is 2. The van der Waals surface area contributed by atoms with Crippen molar-refractivity contribution in [3.05, 3.63) is 144 Å². The fourth-order valence-corrected chi connectivity index (χ4v) is 52.3. The summed E-state index contributed by atoms with van der Waals surface area (Å²) in [5, 5.41) is 0. The summed E-state index contributed by atoms with van der Waals surface area (Å²) < 4.78 is 4.17. The predicted molar refractivity (Wildman–Crippen MR) is 152 cm³/mol. The van der Waals surface area contributed by atoms with Gasteiger partial charge in [-0.15, -0.1) is 24.8 Å². The van der Waals surface area contributed by atoms with E-state index < -0.39 is 15.4 Å². The van der Waals surface area contributed by atoms with Crippen LogP contribution >= 0.6 is 24.8 Å². The van der Waals surface area contributed by atoms with Crippen LogP contribution in [0.3, 0.4) is 0 Å². The third-order valence-corrected chi connectivity index (χ3v) is 63.1. The van der Waals surface area contributed by atoms with Gasteiger partial charge in [0.25, 0.3) is 0 Å². The van der Waals surface area contributed by atoms with E-state index in [2.05, 4.69) is 133 Å². The van der Waals surface area contributed by atoms with E-state index in [1.165, 1.54) is 34.5 Å². The summed E-state index contributed by atoms with van der Waals surface area (Å²) in [4.78, 5) is 0. The number of allylic oxidation sites excluding steroid dienone is 2. The van der Waals surface area contributed by atoms with E-state index in [9.17, 15) is 0 Å². The van der Waals surface area contributed by atoms with Crippen LogP contribution in [0.25, 0.3) is 12.2 Å². The van der Waals surface area contributed by atoms with Crippen LogP contribution in [0.4, 0.5) is 0 Å². The van der Waals surface area contributed by atoms with E-state index in [1.54, 1.807) is 6.64 Å². The molecular formula is C30H28Cl2GeHf. The quantitative estimate of drug-likeness (QED) is 0.220. The molecule has 0 saturated heterocycles. The van der Waals surface area contributed by atoms with Crippen LogP contribution in [0.1, 0.15) is 29.6 Å². The van der Waals surface area contributed by atoms with Crippen LogP contribution < -0.4 is 6.64 Å². The van der Waals surface area contributed by atoms with Crippen LogP contribution in [0.5, 0.6) is 0 Å². The average Bonchev–Trinajstić information content (AvgIpc) is 3.50. The van der Waals surface area contributed by atoms with Crippen molar-refractivity contribution in [2.24, 2.45) is 0 Å². The van der Waals surface area contributed by atoms with Crippen molar-refractivity contribution in [1.29, 1.82) is 0 Å². The van der Waals surface area contributed by atoms with Crippen molar-refractivity contribution < 1.29 is 15.4 Å². The Morgan fingerprint density at radius 3 is 1.24 bits per heavy atom. The Balaban J connectivity index is 0.00000137. The minimum absolute atomic E-state index is 0. The van der Waals surface area contributed by atoms with Crippen molar-refractivity contribution in [2.45, 2.75) is 7.35 Å². The van der Waals surface area contributed by atoms with Gasteiger partial charge in [0.2, 0.25) is 0 Å². The van der Waals surface area contributed by atoms with Crippen LogP contribution in [-0.2, 0) is 15.4 Å². The van der Waals surface area contributed by atoms with E-state index in [0.717, 1.165) is 0 Å². The molecule has 2 aliphatic carbocycles. The molecule has 0 saturated carbocycles. The minimum atomic E-state index is -4.21. The average molecular weight is 711 g/mol. The predicted octanol–water partition coefficient (Wildman–Crippen LogP) is 6.25. The van der Waals surface area contributed by atoms with Crippen molar-refractivity contribution in [3.8, 4) is 0 Å². The summed E-state index contributed by atoms with van der Waals surface area (Å²) in [6.45, 7) is 0. The van der Waals surface area contributed by atoms with Crippen molar-refractivity contribution in [2.75, 3.05) is 0 Å². The molecule has 0 aliphatic heterocycles. The van der Waals surface area contributed by atoms with Crippen LogP contribution in [0.2, 0.25) is 0 Å². The second kappa shape index (κ2) is 9.78. The molecule has 170 valence electrons. The third-order valence-electron chi connectivity index (χ3n) is 7.93. The first-order valence-corrected chi connectivity index (χ1v) is 33.8. The zero-order valence-corrected chi connectivity index (χ0v) is 27.1. The zero-order chi connectivity index (χ0) is 21.6. The maximum absolute atomic E-state index is 4.21. The molecule has 2 atom stereocenters. The Kier molecular flexibility index (Phi) is 7.32. The van der Waals surface area contributed by atoms with E-state index in [4.69, 9.17) is 0 Å². The third kappa shape index (κ3) is 3.51. The van der Waals surface area contributed by atoms with Crippen molar-refractivity contribution >= 4 is 55.8 Å². The van der Waals surface area contributed by atoms with Gasteiger partial charge < -0.3 is 0 Å². The summed E-state index contributed by atoms with van der Waals surface area (Å²) in [5.41, 5.74) is 5.85. The molecule has 0 aromatic heterocycles. The molecule has 0 bridgehead atoms. The molecule has 4 aromatic carbocycles. The Hall–Kier alpha value is -1.65. The van der Waals surface area contributed by atoms with Crippen LogP contribution in [0.15, 0.2) is 121 Å². The van der Waals surface area contributed by atoms with Gasteiger partial charge in [-0.25, -0.2) is 0 Å². The van der Waals surface area contributed by atoms with E-state index in [0.29, 0.717) is 7.35 Å². The van der Waals surface area contributed by atoms with Crippen LogP contribution in [-0.4, -0.2) is 12.2 Å². The molecule has 2 aliphatic rings. The van der Waals surface area contributed by atoms with E-state index >= 15 is 0 Å². The number of benzene rings is 4. The Bertz CT molecular complexity index is 1330. The van der Waals surface area contributed by atoms with Gasteiger partial charge in [0.05, 0.1) is 0 Å². The first kappa shape index (κ1) is 25.4. The van der Waals surface area contributed by atoms with Gasteiger partial charge in [0.15, 0.2) is 0 Å². The first-order valence-electron chi connectivity index (χ1n) is 11.4. The molecule has 6 rings (SSSR count). The van der Waals surface area contributed by atoms with Crippen molar-refractivity contribution in [1.82, 2.24) is 0 Å². The normalized spacial score (nSPS) is 17.9.